The molecule has 2 unspecified atom stereocenters. The number of nitrogens with zero attached hydrogens (tertiary/aromatic N) is 2. The fourth-order valence-corrected chi connectivity index (χ4v) is 8.49. The SMILES string of the molecule is O=C(CCc1ccc(S(=O)(=O)N2CCCCC2)cc1)NC1CS(=O)(=O)CC1N1CCCC1. The van der Waals surface area contributed by atoms with Crippen LogP contribution in [0, 0.1) is 0 Å². The van der Waals surface area contributed by atoms with E-state index in [-0.39, 0.29) is 40.8 Å². The van der Waals surface area contributed by atoms with E-state index in [0.29, 0.717) is 19.5 Å². The molecule has 1 aromatic rings. The molecule has 10 heteroatoms. The van der Waals surface area contributed by atoms with Crippen LogP contribution in [0.3, 0.4) is 0 Å². The smallest absolute Gasteiger partial charge is 0.243 e. The molecule has 3 aliphatic rings. The summed E-state index contributed by atoms with van der Waals surface area (Å²) in [5, 5.41) is 2.95. The van der Waals surface area contributed by atoms with E-state index >= 15 is 0 Å². The van der Waals surface area contributed by atoms with E-state index in [0.717, 1.165) is 50.8 Å². The summed E-state index contributed by atoms with van der Waals surface area (Å²) in [5.41, 5.74) is 0.882. The Morgan fingerprint density at radius 2 is 1.56 bits per heavy atom. The number of carbonyl (C=O) groups is 1. The number of amides is 1. The van der Waals surface area contributed by atoms with E-state index in [9.17, 15) is 21.6 Å². The van der Waals surface area contributed by atoms with E-state index in [1.807, 2.05) is 0 Å². The van der Waals surface area contributed by atoms with Crippen molar-refractivity contribution in [1.29, 1.82) is 0 Å². The van der Waals surface area contributed by atoms with Gasteiger partial charge in [-0.15, -0.1) is 0 Å². The minimum absolute atomic E-state index is 0.00294. The largest absolute Gasteiger partial charge is 0.351 e. The molecule has 0 saturated carbocycles. The minimum atomic E-state index is -3.46. The van der Waals surface area contributed by atoms with Crippen LogP contribution in [0.2, 0.25) is 0 Å². The zero-order valence-electron chi connectivity index (χ0n) is 18.4. The van der Waals surface area contributed by atoms with Crippen molar-refractivity contribution in [3.8, 4) is 0 Å². The van der Waals surface area contributed by atoms with Crippen LogP contribution in [0.5, 0.6) is 0 Å². The van der Waals surface area contributed by atoms with E-state index in [1.54, 1.807) is 28.6 Å². The van der Waals surface area contributed by atoms with Crippen molar-refractivity contribution >= 4 is 25.8 Å². The maximum Gasteiger partial charge on any atom is 0.243 e. The highest BCUT2D eigenvalue weighted by atomic mass is 32.2. The molecule has 4 rings (SSSR count). The van der Waals surface area contributed by atoms with Crippen LogP contribution in [0.15, 0.2) is 29.2 Å². The molecule has 1 N–H and O–H groups in total. The van der Waals surface area contributed by atoms with Gasteiger partial charge in [0.15, 0.2) is 9.84 Å². The van der Waals surface area contributed by atoms with Gasteiger partial charge in [0, 0.05) is 25.6 Å². The third kappa shape index (κ3) is 5.52. The lowest BCUT2D eigenvalue weighted by atomic mass is 10.1. The molecule has 1 amide bonds. The normalized spacial score (nSPS) is 26.9. The predicted molar refractivity (Wildman–Crippen MR) is 123 cm³/mol. The van der Waals surface area contributed by atoms with E-state index in [2.05, 4.69) is 10.2 Å². The third-order valence-electron chi connectivity index (χ3n) is 6.80. The summed E-state index contributed by atoms with van der Waals surface area (Å²) in [5.74, 6) is -0.0465. The van der Waals surface area contributed by atoms with Crippen LogP contribution in [-0.2, 0) is 31.1 Å². The van der Waals surface area contributed by atoms with Gasteiger partial charge in [-0.05, 0) is 62.9 Å². The summed E-state index contributed by atoms with van der Waals surface area (Å²) in [4.78, 5) is 15.0. The number of rotatable bonds is 7. The summed E-state index contributed by atoms with van der Waals surface area (Å²) in [7, 11) is -6.60. The Kier molecular flexibility index (Phi) is 7.24. The molecular weight excluding hydrogens is 450 g/mol. The van der Waals surface area contributed by atoms with Gasteiger partial charge in [-0.2, -0.15) is 4.31 Å². The second-order valence-corrected chi connectivity index (χ2v) is 13.3. The standard InChI is InChI=1S/C22H33N3O5S2/c26-22(23-20-16-31(27,28)17-21(20)24-12-4-5-13-24)11-8-18-6-9-19(10-7-18)32(29,30)25-14-2-1-3-15-25/h6-7,9-10,20-21H,1-5,8,11-17H2,(H,23,26). The maximum absolute atomic E-state index is 12.8. The summed E-state index contributed by atoms with van der Waals surface area (Å²) in [6.07, 6.45) is 5.71. The number of hydrogen-bond donors (Lipinski definition) is 1. The number of sulfonamides is 1. The van der Waals surface area contributed by atoms with Crippen molar-refractivity contribution < 1.29 is 21.6 Å². The molecule has 0 aromatic heterocycles. The molecule has 0 spiro atoms. The number of likely N-dealkylation sites (tertiary alicyclic amines) is 1. The van der Waals surface area contributed by atoms with Crippen molar-refractivity contribution in [1.82, 2.24) is 14.5 Å². The average Bonchev–Trinajstić information content (AvgIpc) is 3.40. The lowest BCUT2D eigenvalue weighted by Crippen LogP contribution is -2.50. The Hall–Kier alpha value is -1.49. The van der Waals surface area contributed by atoms with Crippen molar-refractivity contribution in [3.05, 3.63) is 29.8 Å². The van der Waals surface area contributed by atoms with Gasteiger partial charge in [0.05, 0.1) is 22.4 Å². The van der Waals surface area contributed by atoms with Crippen LogP contribution < -0.4 is 5.32 Å². The molecule has 8 nitrogen and oxygen atoms in total. The number of carbonyl (C=O) groups excluding carboxylic acids is 1. The highest BCUT2D eigenvalue weighted by molar-refractivity contribution is 7.91. The first kappa shape index (κ1) is 23.7. The second kappa shape index (κ2) is 9.79. The highest BCUT2D eigenvalue weighted by Gasteiger charge is 2.42. The van der Waals surface area contributed by atoms with Crippen LogP contribution in [-0.4, -0.2) is 81.7 Å². The fourth-order valence-electron chi connectivity index (χ4n) is 5.02. The molecule has 3 heterocycles. The van der Waals surface area contributed by atoms with Gasteiger partial charge in [-0.25, -0.2) is 16.8 Å². The first-order valence-corrected chi connectivity index (χ1v) is 14.8. The van der Waals surface area contributed by atoms with Crippen molar-refractivity contribution in [2.45, 2.75) is 61.9 Å². The van der Waals surface area contributed by atoms with E-state index in [4.69, 9.17) is 0 Å². The molecule has 32 heavy (non-hydrogen) atoms. The highest BCUT2D eigenvalue weighted by Crippen LogP contribution is 2.23. The number of piperidine rings is 1. The molecule has 178 valence electrons. The lowest BCUT2D eigenvalue weighted by molar-refractivity contribution is -0.121. The molecule has 1 aromatic carbocycles. The number of hydrogen-bond acceptors (Lipinski definition) is 6. The molecule has 0 aliphatic carbocycles. The minimum Gasteiger partial charge on any atom is -0.351 e. The van der Waals surface area contributed by atoms with Crippen LogP contribution in [0.4, 0.5) is 0 Å². The molecule has 0 radical (unpaired) electrons. The van der Waals surface area contributed by atoms with Gasteiger partial charge in [0.1, 0.15) is 0 Å². The number of sulfone groups is 1. The maximum atomic E-state index is 12.8. The molecule has 2 atom stereocenters. The fraction of sp³-hybridized carbons (Fsp3) is 0.682. The second-order valence-electron chi connectivity index (χ2n) is 9.17. The summed E-state index contributed by atoms with van der Waals surface area (Å²) in [6, 6.07) is 6.26. The summed E-state index contributed by atoms with van der Waals surface area (Å²) in [6.45, 7) is 2.91. The Morgan fingerprint density at radius 1 is 0.938 bits per heavy atom. The molecule has 0 bridgehead atoms. The van der Waals surface area contributed by atoms with Gasteiger partial charge in [-0.3, -0.25) is 9.69 Å². The van der Waals surface area contributed by atoms with Gasteiger partial charge in [-0.1, -0.05) is 18.6 Å². The predicted octanol–water partition coefficient (Wildman–Crippen LogP) is 1.17. The molecule has 3 saturated heterocycles. The summed E-state index contributed by atoms with van der Waals surface area (Å²) >= 11 is 0. The number of nitrogens with one attached hydrogen (secondary N) is 1. The Bertz CT molecular complexity index is 1010. The molecule has 3 fully saturated rings. The summed E-state index contributed by atoms with van der Waals surface area (Å²) < 4.78 is 51.4. The Labute approximate surface area is 191 Å². The lowest BCUT2D eigenvalue weighted by Gasteiger charge is -2.28. The average molecular weight is 484 g/mol. The van der Waals surface area contributed by atoms with E-state index < -0.39 is 19.9 Å². The number of aryl methyl sites for hydroxylation is 1. The zero-order valence-corrected chi connectivity index (χ0v) is 20.0. The van der Waals surface area contributed by atoms with E-state index in [1.165, 1.54) is 0 Å². The Morgan fingerprint density at radius 3 is 2.22 bits per heavy atom. The zero-order chi connectivity index (χ0) is 22.8. The molecule has 3 aliphatic heterocycles. The van der Waals surface area contributed by atoms with Crippen LogP contribution in [0.25, 0.3) is 0 Å². The van der Waals surface area contributed by atoms with Gasteiger partial charge in [0.2, 0.25) is 15.9 Å². The molecular formula is C22H33N3O5S2. The van der Waals surface area contributed by atoms with Crippen molar-refractivity contribution in [2.24, 2.45) is 0 Å². The van der Waals surface area contributed by atoms with Crippen molar-refractivity contribution in [3.63, 3.8) is 0 Å². The van der Waals surface area contributed by atoms with Crippen LogP contribution in [0.1, 0.15) is 44.1 Å². The van der Waals surface area contributed by atoms with Gasteiger partial charge in [0.25, 0.3) is 0 Å². The van der Waals surface area contributed by atoms with Gasteiger partial charge < -0.3 is 5.32 Å². The third-order valence-corrected chi connectivity index (χ3v) is 10.4. The first-order chi connectivity index (χ1) is 15.2. The van der Waals surface area contributed by atoms with Crippen LogP contribution >= 0.6 is 0 Å². The van der Waals surface area contributed by atoms with Crippen molar-refractivity contribution in [2.75, 3.05) is 37.7 Å². The quantitative estimate of drug-likeness (QED) is 0.624. The first-order valence-electron chi connectivity index (χ1n) is 11.6. The van der Waals surface area contributed by atoms with Gasteiger partial charge >= 0.3 is 0 Å². The topological polar surface area (TPSA) is 104 Å². The number of benzene rings is 1. The monoisotopic (exact) mass is 483 g/mol. The Balaban J connectivity index is 1.32.